The third-order valence-electron chi connectivity index (χ3n) is 3.24. The number of methoxy groups -OCH3 is 1. The van der Waals surface area contributed by atoms with Crippen molar-refractivity contribution in [3.8, 4) is 0 Å². The molecular weight excluding hydrogens is 296 g/mol. The number of carbonyl (C=O) groups is 2. The predicted molar refractivity (Wildman–Crippen MR) is 79.0 cm³/mol. The summed E-state index contributed by atoms with van der Waals surface area (Å²) in [6, 6.07) is 4.36. The Morgan fingerprint density at radius 1 is 1.48 bits per heavy atom. The van der Waals surface area contributed by atoms with Gasteiger partial charge in [0.25, 0.3) is 0 Å². The Morgan fingerprint density at radius 2 is 2.19 bits per heavy atom. The lowest BCUT2D eigenvalue weighted by molar-refractivity contribution is 0.0697. The fourth-order valence-electron chi connectivity index (χ4n) is 1.99. The molecule has 0 unspecified atom stereocenters. The minimum atomic E-state index is -1.10. The molecule has 0 heterocycles. The molecular formula is C14H17ClN2O4. The first-order valence-corrected chi connectivity index (χ1v) is 7.00. The number of anilines is 1. The summed E-state index contributed by atoms with van der Waals surface area (Å²) < 4.78 is 5.00. The van der Waals surface area contributed by atoms with Crippen LogP contribution in [0.15, 0.2) is 18.2 Å². The number of ether oxygens (including phenoxy) is 1. The van der Waals surface area contributed by atoms with Gasteiger partial charge in [0.05, 0.1) is 17.2 Å². The van der Waals surface area contributed by atoms with Crippen molar-refractivity contribution >= 4 is 29.3 Å². The third kappa shape index (κ3) is 4.09. The summed E-state index contributed by atoms with van der Waals surface area (Å²) in [6.07, 6.45) is 1.99. The zero-order valence-electron chi connectivity index (χ0n) is 11.6. The van der Waals surface area contributed by atoms with Crippen LogP contribution in [-0.4, -0.2) is 48.3 Å². The second-order valence-corrected chi connectivity index (χ2v) is 5.25. The average molecular weight is 313 g/mol. The van der Waals surface area contributed by atoms with E-state index in [0.717, 1.165) is 12.8 Å². The topological polar surface area (TPSA) is 78.9 Å². The van der Waals surface area contributed by atoms with Gasteiger partial charge >= 0.3 is 12.0 Å². The summed E-state index contributed by atoms with van der Waals surface area (Å²) in [7, 11) is 1.59. The number of nitrogens with one attached hydrogen (secondary N) is 1. The summed E-state index contributed by atoms with van der Waals surface area (Å²) in [5.41, 5.74) is 0.478. The van der Waals surface area contributed by atoms with Crippen LogP contribution in [0.25, 0.3) is 0 Å². The van der Waals surface area contributed by atoms with Gasteiger partial charge in [-0.3, -0.25) is 0 Å². The van der Waals surface area contributed by atoms with Crippen molar-refractivity contribution in [1.82, 2.24) is 4.90 Å². The van der Waals surface area contributed by atoms with E-state index in [1.54, 1.807) is 12.0 Å². The van der Waals surface area contributed by atoms with Crippen LogP contribution in [0.1, 0.15) is 23.2 Å². The molecule has 114 valence electrons. The minimum Gasteiger partial charge on any atom is -0.478 e. The van der Waals surface area contributed by atoms with E-state index in [4.69, 9.17) is 21.4 Å². The van der Waals surface area contributed by atoms with E-state index in [2.05, 4.69) is 5.32 Å². The first kappa shape index (κ1) is 15.6. The molecule has 2 rings (SSSR count). The van der Waals surface area contributed by atoms with Crippen LogP contribution < -0.4 is 5.32 Å². The van der Waals surface area contributed by atoms with Crippen LogP contribution in [0.3, 0.4) is 0 Å². The van der Waals surface area contributed by atoms with E-state index >= 15 is 0 Å². The van der Waals surface area contributed by atoms with E-state index in [-0.39, 0.29) is 22.7 Å². The predicted octanol–water partition coefficient (Wildman–Crippen LogP) is 2.68. The van der Waals surface area contributed by atoms with E-state index in [0.29, 0.717) is 18.8 Å². The zero-order valence-corrected chi connectivity index (χ0v) is 12.4. The van der Waals surface area contributed by atoms with Gasteiger partial charge in [0.1, 0.15) is 0 Å². The number of benzene rings is 1. The molecule has 0 radical (unpaired) electrons. The Hall–Kier alpha value is -1.79. The van der Waals surface area contributed by atoms with Gasteiger partial charge in [-0.15, -0.1) is 0 Å². The second kappa shape index (κ2) is 6.78. The maximum Gasteiger partial charge on any atom is 0.337 e. The van der Waals surface area contributed by atoms with Crippen LogP contribution in [0, 0.1) is 0 Å². The molecule has 0 aliphatic heterocycles. The van der Waals surface area contributed by atoms with Crippen LogP contribution >= 0.6 is 11.6 Å². The number of urea groups is 1. The highest BCUT2D eigenvalue weighted by Crippen LogP contribution is 2.28. The molecule has 2 amide bonds. The lowest BCUT2D eigenvalue weighted by Crippen LogP contribution is -2.39. The van der Waals surface area contributed by atoms with Crippen molar-refractivity contribution in [1.29, 1.82) is 0 Å². The molecule has 21 heavy (non-hydrogen) atoms. The Balaban J connectivity index is 2.04. The number of nitrogens with zero attached hydrogens (tertiary/aromatic N) is 1. The molecule has 0 atom stereocenters. The maximum absolute atomic E-state index is 12.2. The molecule has 1 aliphatic carbocycles. The molecule has 1 fully saturated rings. The number of carbonyl (C=O) groups excluding carboxylic acids is 1. The molecule has 6 nitrogen and oxygen atoms in total. The summed E-state index contributed by atoms with van der Waals surface area (Å²) in [5.74, 6) is -1.10. The molecule has 2 N–H and O–H groups in total. The van der Waals surface area contributed by atoms with Crippen LogP contribution in [0.4, 0.5) is 10.5 Å². The number of amides is 2. The van der Waals surface area contributed by atoms with Crippen molar-refractivity contribution < 1.29 is 19.4 Å². The van der Waals surface area contributed by atoms with Crippen LogP contribution in [0.2, 0.25) is 5.02 Å². The zero-order chi connectivity index (χ0) is 15.4. The van der Waals surface area contributed by atoms with Crippen molar-refractivity contribution in [2.45, 2.75) is 18.9 Å². The Kier molecular flexibility index (Phi) is 5.03. The lowest BCUT2D eigenvalue weighted by atomic mass is 10.2. The normalized spacial score (nSPS) is 13.8. The molecule has 0 aromatic heterocycles. The van der Waals surface area contributed by atoms with E-state index in [1.165, 1.54) is 18.2 Å². The molecule has 1 aromatic rings. The van der Waals surface area contributed by atoms with Crippen molar-refractivity contribution in [2.75, 3.05) is 25.6 Å². The van der Waals surface area contributed by atoms with Gasteiger partial charge in [-0.25, -0.2) is 9.59 Å². The lowest BCUT2D eigenvalue weighted by Gasteiger charge is -2.22. The van der Waals surface area contributed by atoms with E-state index in [1.807, 2.05) is 0 Å². The summed E-state index contributed by atoms with van der Waals surface area (Å²) >= 11 is 5.88. The fourth-order valence-corrected chi connectivity index (χ4v) is 2.25. The third-order valence-corrected chi connectivity index (χ3v) is 3.55. The Morgan fingerprint density at radius 3 is 2.71 bits per heavy atom. The van der Waals surface area contributed by atoms with Gasteiger partial charge in [0.2, 0.25) is 0 Å². The average Bonchev–Trinajstić information content (AvgIpc) is 3.23. The molecule has 0 spiro atoms. The largest absolute Gasteiger partial charge is 0.478 e. The number of carboxylic acids is 1. The number of aromatic carboxylic acids is 1. The van der Waals surface area contributed by atoms with E-state index in [9.17, 15) is 9.59 Å². The van der Waals surface area contributed by atoms with Crippen molar-refractivity contribution in [3.05, 3.63) is 28.8 Å². The van der Waals surface area contributed by atoms with Gasteiger partial charge in [-0.2, -0.15) is 0 Å². The standard InChI is InChI=1S/C14H17ClN2O4/c1-21-7-6-17(10-3-4-10)14(20)16-9-2-5-11(13(18)19)12(15)8-9/h2,5,8,10H,3-4,6-7H2,1H3,(H,16,20)(H,18,19). The van der Waals surface area contributed by atoms with Gasteiger partial charge in [0.15, 0.2) is 0 Å². The van der Waals surface area contributed by atoms with Crippen LogP contribution in [-0.2, 0) is 4.74 Å². The van der Waals surface area contributed by atoms with Gasteiger partial charge in [0, 0.05) is 25.4 Å². The van der Waals surface area contributed by atoms with Gasteiger partial charge < -0.3 is 20.1 Å². The summed E-state index contributed by atoms with van der Waals surface area (Å²) in [6.45, 7) is 0.997. The first-order valence-electron chi connectivity index (χ1n) is 6.62. The fraction of sp³-hybridized carbons (Fsp3) is 0.429. The maximum atomic E-state index is 12.2. The summed E-state index contributed by atoms with van der Waals surface area (Å²) in [4.78, 5) is 24.8. The Bertz CT molecular complexity index is 546. The number of hydrogen-bond acceptors (Lipinski definition) is 3. The molecule has 1 aliphatic rings. The quantitative estimate of drug-likeness (QED) is 0.846. The highest BCUT2D eigenvalue weighted by atomic mass is 35.5. The monoisotopic (exact) mass is 312 g/mol. The number of hydrogen-bond donors (Lipinski definition) is 2. The SMILES string of the molecule is COCCN(C(=O)Nc1ccc(C(=O)O)c(Cl)c1)C1CC1. The molecule has 0 bridgehead atoms. The number of halogens is 1. The number of rotatable bonds is 6. The highest BCUT2D eigenvalue weighted by Gasteiger charge is 2.32. The summed E-state index contributed by atoms with van der Waals surface area (Å²) in [5, 5.41) is 11.7. The number of carboxylic acid groups (broad SMARTS) is 1. The molecule has 1 saturated carbocycles. The van der Waals surface area contributed by atoms with Crippen molar-refractivity contribution in [2.24, 2.45) is 0 Å². The van der Waals surface area contributed by atoms with Gasteiger partial charge in [-0.05, 0) is 31.0 Å². The van der Waals surface area contributed by atoms with Crippen molar-refractivity contribution in [3.63, 3.8) is 0 Å². The minimum absolute atomic E-state index is 0.00750. The second-order valence-electron chi connectivity index (χ2n) is 4.85. The molecule has 0 saturated heterocycles. The highest BCUT2D eigenvalue weighted by molar-refractivity contribution is 6.33. The molecule has 7 heteroatoms. The first-order chi connectivity index (χ1) is 10.0. The van der Waals surface area contributed by atoms with Gasteiger partial charge in [-0.1, -0.05) is 11.6 Å². The Labute approximate surface area is 127 Å². The van der Waals surface area contributed by atoms with Crippen LogP contribution in [0.5, 0.6) is 0 Å². The molecule has 1 aromatic carbocycles. The smallest absolute Gasteiger partial charge is 0.337 e. The van der Waals surface area contributed by atoms with E-state index < -0.39 is 5.97 Å².